The number of benzene rings is 1. The molecule has 1 aromatic carbocycles. The van der Waals surface area contributed by atoms with Gasteiger partial charge in [-0.05, 0) is 23.6 Å². The summed E-state index contributed by atoms with van der Waals surface area (Å²) < 4.78 is 5.15. The second kappa shape index (κ2) is 6.83. The maximum Gasteiger partial charge on any atom is 0.271 e. The number of ether oxygens (including phenoxy) is 1. The van der Waals surface area contributed by atoms with Crippen LogP contribution in [-0.2, 0) is 0 Å². The summed E-state index contributed by atoms with van der Waals surface area (Å²) in [5.41, 5.74) is 1.35. The van der Waals surface area contributed by atoms with Crippen molar-refractivity contribution in [2.75, 3.05) is 7.11 Å². The largest absolute Gasteiger partial charge is 0.497 e. The minimum atomic E-state index is -0.224. The van der Waals surface area contributed by atoms with Gasteiger partial charge in [0.15, 0.2) is 0 Å². The monoisotopic (exact) mass is 285 g/mol. The van der Waals surface area contributed by atoms with Gasteiger partial charge in [-0.2, -0.15) is 0 Å². The molecule has 0 saturated heterocycles. The first kappa shape index (κ1) is 15.0. The molecule has 0 aliphatic rings. The Labute approximate surface area is 124 Å². The number of carbonyl (C=O) groups is 1. The van der Waals surface area contributed by atoms with Crippen molar-refractivity contribution in [1.82, 2.24) is 15.3 Å². The van der Waals surface area contributed by atoms with Crippen molar-refractivity contribution in [1.29, 1.82) is 0 Å². The Kier molecular flexibility index (Phi) is 4.87. The van der Waals surface area contributed by atoms with Gasteiger partial charge in [0.1, 0.15) is 11.4 Å². The van der Waals surface area contributed by atoms with E-state index in [-0.39, 0.29) is 17.9 Å². The molecule has 1 aromatic heterocycles. The predicted molar refractivity (Wildman–Crippen MR) is 80.1 cm³/mol. The summed E-state index contributed by atoms with van der Waals surface area (Å²) in [6.07, 6.45) is 4.51. The van der Waals surface area contributed by atoms with Gasteiger partial charge in [-0.1, -0.05) is 26.0 Å². The van der Waals surface area contributed by atoms with Gasteiger partial charge >= 0.3 is 0 Å². The van der Waals surface area contributed by atoms with Gasteiger partial charge in [0, 0.05) is 12.4 Å². The van der Waals surface area contributed by atoms with Gasteiger partial charge in [-0.25, -0.2) is 4.98 Å². The standard InChI is InChI=1S/C16H19N3O2/c1-11(2)15(12-4-6-13(21-3)7-5-12)19-16(20)14-10-17-8-9-18-14/h4-11,15H,1-3H3,(H,19,20)/t15-/m1/s1. The number of aromatic nitrogens is 2. The number of carbonyl (C=O) groups excluding carboxylic acids is 1. The van der Waals surface area contributed by atoms with Crippen LogP contribution < -0.4 is 10.1 Å². The van der Waals surface area contributed by atoms with Gasteiger partial charge < -0.3 is 10.1 Å². The van der Waals surface area contributed by atoms with Gasteiger partial charge in [-0.15, -0.1) is 0 Å². The highest BCUT2D eigenvalue weighted by Gasteiger charge is 2.19. The summed E-state index contributed by atoms with van der Waals surface area (Å²) in [6.45, 7) is 4.12. The molecule has 1 heterocycles. The Bertz CT molecular complexity index is 582. The molecule has 5 nitrogen and oxygen atoms in total. The molecule has 1 N–H and O–H groups in total. The third-order valence-corrected chi connectivity index (χ3v) is 3.22. The van der Waals surface area contributed by atoms with Crippen LogP contribution in [0, 0.1) is 5.92 Å². The van der Waals surface area contributed by atoms with Crippen LogP contribution in [0.25, 0.3) is 0 Å². The van der Waals surface area contributed by atoms with Gasteiger partial charge in [0.25, 0.3) is 5.91 Å². The van der Waals surface area contributed by atoms with Gasteiger partial charge in [0.2, 0.25) is 0 Å². The molecule has 0 bridgehead atoms. The first-order chi connectivity index (χ1) is 10.1. The molecule has 0 aliphatic heterocycles. The zero-order valence-corrected chi connectivity index (χ0v) is 12.4. The average molecular weight is 285 g/mol. The third kappa shape index (κ3) is 3.78. The van der Waals surface area contributed by atoms with Crippen molar-refractivity contribution in [3.8, 4) is 5.75 Å². The lowest BCUT2D eigenvalue weighted by Crippen LogP contribution is -2.32. The number of methoxy groups -OCH3 is 1. The fourth-order valence-electron chi connectivity index (χ4n) is 2.08. The Hall–Kier alpha value is -2.43. The van der Waals surface area contributed by atoms with Gasteiger partial charge in [0.05, 0.1) is 19.3 Å². The van der Waals surface area contributed by atoms with Crippen LogP contribution in [-0.4, -0.2) is 23.0 Å². The Balaban J connectivity index is 2.17. The molecule has 110 valence electrons. The highest BCUT2D eigenvalue weighted by Crippen LogP contribution is 2.24. The average Bonchev–Trinajstić information content (AvgIpc) is 2.53. The van der Waals surface area contributed by atoms with Crippen molar-refractivity contribution in [3.63, 3.8) is 0 Å². The van der Waals surface area contributed by atoms with Crippen LogP contribution in [0.4, 0.5) is 0 Å². The van der Waals surface area contributed by atoms with E-state index in [1.807, 2.05) is 24.3 Å². The summed E-state index contributed by atoms with van der Waals surface area (Å²) in [5.74, 6) is 0.818. The minimum absolute atomic E-state index is 0.0922. The number of hydrogen-bond acceptors (Lipinski definition) is 4. The van der Waals surface area contributed by atoms with E-state index in [0.29, 0.717) is 5.69 Å². The van der Waals surface area contributed by atoms with Crippen LogP contribution >= 0.6 is 0 Å². The maximum absolute atomic E-state index is 12.2. The van der Waals surface area contributed by atoms with Crippen LogP contribution in [0.15, 0.2) is 42.9 Å². The normalized spacial score (nSPS) is 12.0. The third-order valence-electron chi connectivity index (χ3n) is 3.22. The lowest BCUT2D eigenvalue weighted by molar-refractivity contribution is 0.0920. The molecule has 0 radical (unpaired) electrons. The van der Waals surface area contributed by atoms with Crippen molar-refractivity contribution in [2.24, 2.45) is 5.92 Å². The lowest BCUT2D eigenvalue weighted by atomic mass is 9.96. The number of nitrogens with one attached hydrogen (secondary N) is 1. The highest BCUT2D eigenvalue weighted by atomic mass is 16.5. The zero-order valence-electron chi connectivity index (χ0n) is 12.4. The molecular weight excluding hydrogens is 266 g/mol. The van der Waals surface area contributed by atoms with Crippen LogP contribution in [0.5, 0.6) is 5.75 Å². The lowest BCUT2D eigenvalue weighted by Gasteiger charge is -2.23. The van der Waals surface area contributed by atoms with Crippen molar-refractivity contribution >= 4 is 5.91 Å². The quantitative estimate of drug-likeness (QED) is 0.917. The molecule has 21 heavy (non-hydrogen) atoms. The molecular formula is C16H19N3O2. The zero-order chi connectivity index (χ0) is 15.2. The molecule has 1 amide bonds. The number of hydrogen-bond donors (Lipinski definition) is 1. The Morgan fingerprint density at radius 1 is 1.19 bits per heavy atom. The molecule has 0 fully saturated rings. The molecule has 0 aliphatic carbocycles. The SMILES string of the molecule is COc1ccc([C@H](NC(=O)c2cnccn2)C(C)C)cc1. The number of nitrogens with zero attached hydrogens (tertiary/aromatic N) is 2. The van der Waals surface area contributed by atoms with E-state index < -0.39 is 0 Å². The second-order valence-electron chi connectivity index (χ2n) is 5.06. The van der Waals surface area contributed by atoms with E-state index in [4.69, 9.17) is 4.74 Å². The topological polar surface area (TPSA) is 64.1 Å². The smallest absolute Gasteiger partial charge is 0.271 e. The van der Waals surface area contributed by atoms with Crippen LogP contribution in [0.3, 0.4) is 0 Å². The van der Waals surface area contributed by atoms with E-state index in [9.17, 15) is 4.79 Å². The minimum Gasteiger partial charge on any atom is -0.497 e. The Morgan fingerprint density at radius 3 is 2.43 bits per heavy atom. The molecule has 0 spiro atoms. The van der Waals surface area contributed by atoms with Crippen molar-refractivity contribution < 1.29 is 9.53 Å². The predicted octanol–water partition coefficient (Wildman–Crippen LogP) is 2.61. The first-order valence-corrected chi connectivity index (χ1v) is 6.82. The van der Waals surface area contributed by atoms with E-state index in [1.54, 1.807) is 13.3 Å². The molecule has 2 rings (SSSR count). The van der Waals surface area contributed by atoms with E-state index in [2.05, 4.69) is 29.1 Å². The summed E-state index contributed by atoms with van der Waals surface area (Å²) in [4.78, 5) is 20.1. The van der Waals surface area contributed by atoms with Crippen molar-refractivity contribution in [2.45, 2.75) is 19.9 Å². The Morgan fingerprint density at radius 2 is 1.90 bits per heavy atom. The van der Waals surface area contributed by atoms with E-state index >= 15 is 0 Å². The molecule has 0 unspecified atom stereocenters. The highest BCUT2D eigenvalue weighted by molar-refractivity contribution is 5.92. The van der Waals surface area contributed by atoms with Crippen LogP contribution in [0.1, 0.15) is 35.9 Å². The number of amides is 1. The maximum atomic E-state index is 12.2. The molecule has 1 atom stereocenters. The molecule has 0 saturated carbocycles. The summed E-state index contributed by atoms with van der Waals surface area (Å²) >= 11 is 0. The van der Waals surface area contributed by atoms with E-state index in [1.165, 1.54) is 12.4 Å². The molecule has 5 heteroatoms. The number of rotatable bonds is 5. The fourth-order valence-corrected chi connectivity index (χ4v) is 2.08. The van der Waals surface area contributed by atoms with Crippen molar-refractivity contribution in [3.05, 3.63) is 54.1 Å². The van der Waals surface area contributed by atoms with Gasteiger partial charge in [-0.3, -0.25) is 9.78 Å². The summed E-state index contributed by atoms with van der Waals surface area (Å²) in [5, 5.41) is 3.00. The second-order valence-corrected chi connectivity index (χ2v) is 5.06. The van der Waals surface area contributed by atoms with E-state index in [0.717, 1.165) is 11.3 Å². The summed E-state index contributed by atoms with van der Waals surface area (Å²) in [7, 11) is 1.63. The fraction of sp³-hybridized carbons (Fsp3) is 0.312. The first-order valence-electron chi connectivity index (χ1n) is 6.82. The summed E-state index contributed by atoms with van der Waals surface area (Å²) in [6, 6.07) is 7.60. The molecule has 2 aromatic rings. The van der Waals surface area contributed by atoms with Crippen LogP contribution in [0.2, 0.25) is 0 Å².